The van der Waals surface area contributed by atoms with Gasteiger partial charge in [0.05, 0.1) is 0 Å². The molecule has 0 amide bonds. The average molecular weight is 229 g/mol. The Bertz CT molecular complexity index is 468. The first-order valence-electron chi connectivity index (χ1n) is 4.44. The second-order valence-electron chi connectivity index (χ2n) is 3.24. The molecule has 0 unspecified atom stereocenters. The molecule has 0 spiro atoms. The molecular weight excluding hydrogens is 216 g/mol. The minimum absolute atomic E-state index is 0. The third-order valence-corrected chi connectivity index (χ3v) is 2.28. The van der Waals surface area contributed by atoms with Gasteiger partial charge in [0, 0.05) is 23.2 Å². The number of H-pyrrole nitrogens is 1. The Balaban J connectivity index is 0.00000112. The summed E-state index contributed by atoms with van der Waals surface area (Å²) in [6, 6.07) is 3.05. The first-order chi connectivity index (χ1) is 6.72. The second kappa shape index (κ2) is 4.42. The van der Waals surface area contributed by atoms with E-state index in [1.165, 1.54) is 6.07 Å². The van der Waals surface area contributed by atoms with Crippen molar-refractivity contribution in [1.29, 1.82) is 0 Å². The van der Waals surface area contributed by atoms with Gasteiger partial charge >= 0.3 is 0 Å². The number of aromatic nitrogens is 1. The number of hydrogen-bond acceptors (Lipinski definition) is 3. The van der Waals surface area contributed by atoms with Crippen molar-refractivity contribution in [3.8, 4) is 11.5 Å². The van der Waals surface area contributed by atoms with E-state index in [9.17, 15) is 10.2 Å². The molecule has 0 atom stereocenters. The first kappa shape index (κ1) is 11.7. The topological polar surface area (TPSA) is 82.3 Å². The van der Waals surface area contributed by atoms with Crippen LogP contribution in [0.15, 0.2) is 18.3 Å². The van der Waals surface area contributed by atoms with E-state index in [-0.39, 0.29) is 23.9 Å². The number of phenolic OH excluding ortho intramolecular Hbond substituents is 2. The maximum atomic E-state index is 9.33. The molecule has 0 aliphatic carbocycles. The van der Waals surface area contributed by atoms with Gasteiger partial charge in [0.15, 0.2) is 11.5 Å². The number of nitrogens with one attached hydrogen (secondary N) is 1. The van der Waals surface area contributed by atoms with Crippen LogP contribution in [0.5, 0.6) is 11.5 Å². The molecule has 0 radical (unpaired) electrons. The van der Waals surface area contributed by atoms with Crippen LogP contribution in [0.25, 0.3) is 10.9 Å². The summed E-state index contributed by atoms with van der Waals surface area (Å²) in [5.74, 6) is -0.214. The molecule has 0 aliphatic rings. The number of hydrogen-bond donors (Lipinski definition) is 4. The SMILES string of the molecule is Cl.NCCc1c[nH]c2cc(O)c(O)cc12. The van der Waals surface area contributed by atoms with Gasteiger partial charge in [-0.2, -0.15) is 0 Å². The summed E-state index contributed by atoms with van der Waals surface area (Å²) in [6.07, 6.45) is 2.60. The maximum absolute atomic E-state index is 9.33. The first-order valence-corrected chi connectivity index (χ1v) is 4.44. The minimum Gasteiger partial charge on any atom is -0.504 e. The highest BCUT2D eigenvalue weighted by Gasteiger charge is 2.07. The van der Waals surface area contributed by atoms with Gasteiger partial charge < -0.3 is 20.9 Å². The second-order valence-corrected chi connectivity index (χ2v) is 3.24. The van der Waals surface area contributed by atoms with Crippen molar-refractivity contribution in [3.05, 3.63) is 23.9 Å². The van der Waals surface area contributed by atoms with Crippen LogP contribution >= 0.6 is 12.4 Å². The lowest BCUT2D eigenvalue weighted by molar-refractivity contribution is 0.405. The summed E-state index contributed by atoms with van der Waals surface area (Å²) in [4.78, 5) is 3.01. The van der Waals surface area contributed by atoms with Crippen molar-refractivity contribution in [2.75, 3.05) is 6.54 Å². The lowest BCUT2D eigenvalue weighted by atomic mass is 10.1. The van der Waals surface area contributed by atoms with E-state index in [2.05, 4.69) is 4.98 Å². The Hall–Kier alpha value is -1.39. The van der Waals surface area contributed by atoms with E-state index in [1.54, 1.807) is 6.07 Å². The highest BCUT2D eigenvalue weighted by Crippen LogP contribution is 2.31. The fourth-order valence-corrected chi connectivity index (χ4v) is 1.57. The monoisotopic (exact) mass is 228 g/mol. The molecule has 1 aromatic heterocycles. The lowest BCUT2D eigenvalue weighted by Crippen LogP contribution is -2.01. The van der Waals surface area contributed by atoms with Crippen LogP contribution in [0.3, 0.4) is 0 Å². The molecule has 1 heterocycles. The number of rotatable bonds is 2. The van der Waals surface area contributed by atoms with Crippen molar-refractivity contribution in [1.82, 2.24) is 4.98 Å². The predicted octanol–water partition coefficient (Wildman–Crippen LogP) is 1.50. The normalized spacial score (nSPS) is 10.2. The van der Waals surface area contributed by atoms with Gasteiger partial charge in [-0.3, -0.25) is 0 Å². The number of aromatic hydroxyl groups is 2. The number of aromatic amines is 1. The van der Waals surface area contributed by atoms with Gasteiger partial charge in [-0.05, 0) is 24.6 Å². The van der Waals surface area contributed by atoms with Gasteiger partial charge in [0.1, 0.15) is 0 Å². The van der Waals surface area contributed by atoms with Crippen LogP contribution in [0.2, 0.25) is 0 Å². The molecule has 2 aromatic rings. The smallest absolute Gasteiger partial charge is 0.159 e. The van der Waals surface area contributed by atoms with Gasteiger partial charge in [-0.15, -0.1) is 12.4 Å². The summed E-state index contributed by atoms with van der Waals surface area (Å²) in [5.41, 5.74) is 7.32. The van der Waals surface area contributed by atoms with Crippen molar-refractivity contribution in [2.45, 2.75) is 6.42 Å². The molecule has 82 valence electrons. The van der Waals surface area contributed by atoms with Crippen molar-refractivity contribution >= 4 is 23.3 Å². The van der Waals surface area contributed by atoms with Crippen LogP contribution in [0.1, 0.15) is 5.56 Å². The summed E-state index contributed by atoms with van der Waals surface area (Å²) in [6.45, 7) is 0.564. The highest BCUT2D eigenvalue weighted by molar-refractivity contribution is 5.86. The minimum atomic E-state index is -0.112. The molecule has 0 aliphatic heterocycles. The Morgan fingerprint density at radius 2 is 1.87 bits per heavy atom. The average Bonchev–Trinajstić information content (AvgIpc) is 2.51. The number of fused-ring (bicyclic) bond motifs is 1. The largest absolute Gasteiger partial charge is 0.504 e. The number of phenols is 2. The van der Waals surface area contributed by atoms with Gasteiger partial charge in [-0.1, -0.05) is 0 Å². The van der Waals surface area contributed by atoms with Crippen LogP contribution in [-0.2, 0) is 6.42 Å². The zero-order valence-corrected chi connectivity index (χ0v) is 8.84. The molecule has 0 bridgehead atoms. The fourth-order valence-electron chi connectivity index (χ4n) is 1.57. The van der Waals surface area contributed by atoms with E-state index in [0.717, 1.165) is 22.9 Å². The molecule has 1 aromatic carbocycles. The summed E-state index contributed by atoms with van der Waals surface area (Å²) in [7, 11) is 0. The van der Waals surface area contributed by atoms with E-state index in [4.69, 9.17) is 5.73 Å². The van der Waals surface area contributed by atoms with Crippen LogP contribution < -0.4 is 5.73 Å². The van der Waals surface area contributed by atoms with Crippen molar-refractivity contribution in [2.24, 2.45) is 5.73 Å². The molecule has 0 fully saturated rings. The predicted molar refractivity (Wildman–Crippen MR) is 61.6 cm³/mol. The molecule has 5 heteroatoms. The Kier molecular flexibility index (Phi) is 3.44. The fraction of sp³-hybridized carbons (Fsp3) is 0.200. The Morgan fingerprint density at radius 3 is 2.53 bits per heavy atom. The van der Waals surface area contributed by atoms with Gasteiger partial charge in [0.25, 0.3) is 0 Å². The zero-order valence-electron chi connectivity index (χ0n) is 8.03. The standard InChI is InChI=1S/C10H12N2O2.ClH/c11-2-1-6-5-12-8-4-10(14)9(13)3-7(6)8;/h3-5,12-14H,1-2,11H2;1H. The molecule has 4 nitrogen and oxygen atoms in total. The summed E-state index contributed by atoms with van der Waals surface area (Å²) < 4.78 is 0. The summed E-state index contributed by atoms with van der Waals surface area (Å²) >= 11 is 0. The zero-order chi connectivity index (χ0) is 10.1. The highest BCUT2D eigenvalue weighted by atomic mass is 35.5. The van der Waals surface area contributed by atoms with E-state index < -0.39 is 0 Å². The number of halogens is 1. The Morgan fingerprint density at radius 1 is 1.20 bits per heavy atom. The maximum Gasteiger partial charge on any atom is 0.159 e. The van der Waals surface area contributed by atoms with Crippen LogP contribution in [-0.4, -0.2) is 21.7 Å². The molecule has 0 saturated carbocycles. The third-order valence-electron chi connectivity index (χ3n) is 2.28. The van der Waals surface area contributed by atoms with E-state index in [0.29, 0.717) is 6.54 Å². The van der Waals surface area contributed by atoms with Gasteiger partial charge in [0.2, 0.25) is 0 Å². The van der Waals surface area contributed by atoms with Crippen LogP contribution in [0.4, 0.5) is 0 Å². The molecule has 0 saturated heterocycles. The molecular formula is C10H13ClN2O2. The van der Waals surface area contributed by atoms with Crippen molar-refractivity contribution < 1.29 is 10.2 Å². The van der Waals surface area contributed by atoms with Crippen LogP contribution in [0, 0.1) is 0 Å². The van der Waals surface area contributed by atoms with E-state index in [1.807, 2.05) is 6.20 Å². The quantitative estimate of drug-likeness (QED) is 0.588. The lowest BCUT2D eigenvalue weighted by Gasteiger charge is -1.99. The third kappa shape index (κ3) is 2.00. The van der Waals surface area contributed by atoms with E-state index >= 15 is 0 Å². The number of nitrogens with two attached hydrogens (primary N) is 1. The number of benzene rings is 1. The molecule has 5 N–H and O–H groups in total. The Labute approximate surface area is 93.1 Å². The van der Waals surface area contributed by atoms with Crippen molar-refractivity contribution in [3.63, 3.8) is 0 Å². The summed E-state index contributed by atoms with van der Waals surface area (Å²) in [5, 5.41) is 19.5. The van der Waals surface area contributed by atoms with Gasteiger partial charge in [-0.25, -0.2) is 0 Å². The molecule has 2 rings (SSSR count). The molecule has 15 heavy (non-hydrogen) atoms.